The van der Waals surface area contributed by atoms with Crippen LogP contribution >= 0.6 is 0 Å². The third-order valence-corrected chi connectivity index (χ3v) is 18.2. The van der Waals surface area contributed by atoms with Crippen molar-refractivity contribution in [3.63, 3.8) is 0 Å². The van der Waals surface area contributed by atoms with Crippen LogP contribution in [0.4, 0.5) is 0 Å². The molecule has 0 aliphatic heterocycles. The van der Waals surface area contributed by atoms with Crippen molar-refractivity contribution < 1.29 is 15.6 Å². The molecule has 0 saturated heterocycles. The quantitative estimate of drug-likeness (QED) is 0.660. The van der Waals surface area contributed by atoms with Crippen molar-refractivity contribution in [1.82, 2.24) is 3.80 Å². The van der Waals surface area contributed by atoms with Crippen molar-refractivity contribution >= 4 is 0 Å². The molecule has 0 amide bonds. The van der Waals surface area contributed by atoms with E-state index in [9.17, 15) is 0 Å². The van der Waals surface area contributed by atoms with Crippen LogP contribution in [-0.2, 0) is 15.6 Å². The fourth-order valence-electron chi connectivity index (χ4n) is 2.21. The van der Waals surface area contributed by atoms with E-state index in [0.29, 0.717) is 0 Å². The molecule has 0 fully saturated rings. The Balaban J connectivity index is 4.67. The number of hydrogen-bond donors (Lipinski definition) is 1. The van der Waals surface area contributed by atoms with Gasteiger partial charge in [0.05, 0.1) is 0 Å². The molecular formula is C9H24NTi. The molecule has 1 nitrogen and oxygen atoms in total. The normalized spacial score (nSPS) is 15.9. The van der Waals surface area contributed by atoms with Gasteiger partial charge in [-0.2, -0.15) is 0 Å². The van der Waals surface area contributed by atoms with Crippen molar-refractivity contribution in [2.75, 3.05) is 7.05 Å². The maximum atomic E-state index is 3.72. The Kier molecular flexibility index (Phi) is 4.32. The maximum absolute atomic E-state index is 3.72. The van der Waals surface area contributed by atoms with Gasteiger partial charge < -0.3 is 0 Å². The first kappa shape index (κ1) is 11.7. The van der Waals surface area contributed by atoms with Gasteiger partial charge in [-0.15, -0.1) is 0 Å². The molecule has 11 heavy (non-hydrogen) atoms. The van der Waals surface area contributed by atoms with Crippen molar-refractivity contribution in [1.29, 1.82) is 0 Å². The number of rotatable bonds is 5. The Labute approximate surface area is 73.1 Å². The molecule has 0 bridgehead atoms. The Morgan fingerprint density at radius 3 is 1.09 bits per heavy atom. The molecule has 0 rings (SSSR count). The third kappa shape index (κ3) is 1.88. The Morgan fingerprint density at radius 2 is 1.09 bits per heavy atom. The molecule has 2 heteroatoms. The summed E-state index contributed by atoms with van der Waals surface area (Å²) >= 11 is -2.11. The van der Waals surface area contributed by atoms with E-state index in [1.165, 1.54) is 18.9 Å². The van der Waals surface area contributed by atoms with Gasteiger partial charge in [-0.3, -0.25) is 0 Å². The monoisotopic (exact) mass is 194 g/mol. The summed E-state index contributed by atoms with van der Waals surface area (Å²) in [5.74, 6) is 0. The van der Waals surface area contributed by atoms with Crippen LogP contribution in [-0.4, -0.2) is 7.05 Å². The predicted octanol–water partition coefficient (Wildman–Crippen LogP) is 3.56. The Morgan fingerprint density at radius 1 is 0.818 bits per heavy atom. The third-order valence-electron chi connectivity index (χ3n) is 4.41. The van der Waals surface area contributed by atoms with Gasteiger partial charge in [-0.05, 0) is 0 Å². The van der Waals surface area contributed by atoms with Gasteiger partial charge >= 0.3 is 73.0 Å². The zero-order valence-corrected chi connectivity index (χ0v) is 10.4. The molecule has 0 unspecified atom stereocenters. The standard InChI is InChI=1S/4C2H5.CH4N.Ti/c5*1-2;/h4*1H2,2H3;2H,1H3;/q;;;;-1;+1. The zero-order valence-electron chi connectivity index (χ0n) is 8.83. The van der Waals surface area contributed by atoms with Gasteiger partial charge in [-0.1, -0.05) is 0 Å². The van der Waals surface area contributed by atoms with Crippen LogP contribution in [0.2, 0.25) is 18.9 Å². The summed E-state index contributed by atoms with van der Waals surface area (Å²) in [4.78, 5) is 0. The fraction of sp³-hybridized carbons (Fsp3) is 1.00. The van der Waals surface area contributed by atoms with Gasteiger partial charge in [0, 0.05) is 0 Å². The topological polar surface area (TPSA) is 12.0 Å². The number of hydrogen-bond acceptors (Lipinski definition) is 1. The molecule has 0 saturated carbocycles. The van der Waals surface area contributed by atoms with Crippen LogP contribution in [0.25, 0.3) is 0 Å². The van der Waals surface area contributed by atoms with Gasteiger partial charge in [0.25, 0.3) is 0 Å². The Bertz CT molecular complexity index is 81.9. The first-order chi connectivity index (χ1) is 5.12. The van der Waals surface area contributed by atoms with Crippen molar-refractivity contribution in [3.8, 4) is 0 Å². The van der Waals surface area contributed by atoms with Crippen molar-refractivity contribution in [3.05, 3.63) is 0 Å². The zero-order chi connectivity index (χ0) is 8.98. The molecule has 0 atom stereocenters. The molecule has 0 spiro atoms. The summed E-state index contributed by atoms with van der Waals surface area (Å²) in [6.45, 7) is 9.46. The van der Waals surface area contributed by atoms with Crippen LogP contribution < -0.4 is 3.80 Å². The summed E-state index contributed by atoms with van der Waals surface area (Å²) < 4.78 is 9.38. The molecule has 0 aromatic carbocycles. The van der Waals surface area contributed by atoms with Crippen LogP contribution in [0.1, 0.15) is 27.7 Å². The molecular weight excluding hydrogens is 170 g/mol. The van der Waals surface area contributed by atoms with Gasteiger partial charge in [-0.25, -0.2) is 0 Å². The summed E-state index contributed by atoms with van der Waals surface area (Å²) in [5, 5.41) is 0. The minimum atomic E-state index is -2.11. The van der Waals surface area contributed by atoms with E-state index in [0.717, 1.165) is 0 Å². The van der Waals surface area contributed by atoms with E-state index < -0.39 is 15.6 Å². The van der Waals surface area contributed by atoms with Crippen molar-refractivity contribution in [2.45, 2.75) is 46.6 Å². The first-order valence-corrected chi connectivity index (χ1v) is 10.2. The summed E-state index contributed by atoms with van der Waals surface area (Å²) in [6, 6.07) is 0. The molecule has 69 valence electrons. The van der Waals surface area contributed by atoms with Crippen LogP contribution in [0.3, 0.4) is 0 Å². The van der Waals surface area contributed by atoms with E-state index >= 15 is 0 Å². The average molecular weight is 194 g/mol. The van der Waals surface area contributed by atoms with Gasteiger partial charge in [0.15, 0.2) is 0 Å². The van der Waals surface area contributed by atoms with Crippen LogP contribution in [0.15, 0.2) is 0 Å². The van der Waals surface area contributed by atoms with Crippen LogP contribution in [0, 0.1) is 0 Å². The summed E-state index contributed by atoms with van der Waals surface area (Å²) in [6.07, 6.45) is 0. The van der Waals surface area contributed by atoms with E-state index in [2.05, 4.69) is 38.5 Å². The first-order valence-electron chi connectivity index (χ1n) is 4.99. The Hall–Kier alpha value is 0.674. The van der Waals surface area contributed by atoms with E-state index in [-0.39, 0.29) is 0 Å². The molecule has 0 aromatic heterocycles. The molecule has 0 aliphatic rings. The van der Waals surface area contributed by atoms with E-state index in [1.54, 1.807) is 0 Å². The van der Waals surface area contributed by atoms with Crippen LogP contribution in [0.5, 0.6) is 0 Å². The summed E-state index contributed by atoms with van der Waals surface area (Å²) in [5.41, 5.74) is 0. The molecule has 0 radical (unpaired) electrons. The fourth-order valence-corrected chi connectivity index (χ4v) is 9.10. The second kappa shape index (κ2) is 4.07. The molecule has 1 N–H and O–H groups in total. The van der Waals surface area contributed by atoms with Gasteiger partial charge in [0.1, 0.15) is 0 Å². The number of nitrogens with one attached hydrogen (secondary N) is 1. The minimum absolute atomic E-state index is 1.41. The summed E-state index contributed by atoms with van der Waals surface area (Å²) in [7, 11) is 2.18. The van der Waals surface area contributed by atoms with E-state index in [1.807, 2.05) is 0 Å². The SMILES string of the molecule is C[CH2][Ti]([CH2]C)([CH2]C)([CH2]C)[NH]C. The average Bonchev–Trinajstić information content (AvgIpc) is 2.12. The van der Waals surface area contributed by atoms with E-state index in [4.69, 9.17) is 0 Å². The van der Waals surface area contributed by atoms with Gasteiger partial charge in [0.2, 0.25) is 0 Å². The molecule has 0 heterocycles. The molecule has 0 aromatic rings. The van der Waals surface area contributed by atoms with Crippen molar-refractivity contribution in [2.24, 2.45) is 0 Å². The predicted molar refractivity (Wildman–Crippen MR) is 51.0 cm³/mol. The molecule has 0 aliphatic carbocycles. The second-order valence-corrected chi connectivity index (χ2v) is 16.0. The second-order valence-electron chi connectivity index (χ2n) is 3.87.